The predicted octanol–water partition coefficient (Wildman–Crippen LogP) is 1.90. The summed E-state index contributed by atoms with van der Waals surface area (Å²) in [4.78, 5) is 22.8. The molecule has 0 radical (unpaired) electrons. The third-order valence-electron chi connectivity index (χ3n) is 3.01. The molecular weight excluding hydrogens is 327 g/mol. The van der Waals surface area contributed by atoms with Crippen molar-refractivity contribution in [2.24, 2.45) is 5.92 Å². The molecule has 0 spiro atoms. The second-order valence-corrected chi connectivity index (χ2v) is 6.81. The molecule has 106 valence electrons. The van der Waals surface area contributed by atoms with Gasteiger partial charge in [-0.3, -0.25) is 0 Å². The van der Waals surface area contributed by atoms with E-state index in [1.807, 2.05) is 0 Å². The number of hydrogen-bond acceptors (Lipinski definition) is 4. The number of carboxylic acid groups (broad SMARTS) is 1. The number of fused-ring (bicyclic) bond motifs is 1. The zero-order valence-corrected chi connectivity index (χ0v) is 12.8. The summed E-state index contributed by atoms with van der Waals surface area (Å²) in [6.07, 6.45) is 0.0000221. The number of aliphatic carboxylic acids is 1. The Hall–Kier alpha value is -1.78. The summed E-state index contributed by atoms with van der Waals surface area (Å²) in [5.41, 5.74) is 0. The topological polar surface area (TPSA) is 83.8 Å². The van der Waals surface area contributed by atoms with E-state index in [1.165, 1.54) is 14.0 Å². The van der Waals surface area contributed by atoms with Gasteiger partial charge in [0.05, 0.1) is 0 Å². The number of hydrogen-bond donors (Lipinski definition) is 2. The zero-order valence-electron chi connectivity index (χ0n) is 11.0. The Balaban J connectivity index is 2.32. The fourth-order valence-electron chi connectivity index (χ4n) is 1.82. The van der Waals surface area contributed by atoms with Crippen LogP contribution >= 0.6 is 0 Å². The Labute approximate surface area is 121 Å². The van der Waals surface area contributed by atoms with Crippen molar-refractivity contribution in [3.05, 3.63) is 22.6 Å². The van der Waals surface area contributed by atoms with Crippen LogP contribution in [0.4, 0.5) is 0 Å². The van der Waals surface area contributed by atoms with Gasteiger partial charge in [-0.15, -0.1) is 0 Å². The molecule has 1 aromatic carbocycles. The number of rotatable bonds is 5. The minimum atomic E-state index is -0.971. The number of aromatic hydroxyl groups is 1. The molecular formula is C14H14O5Se. The Kier molecular flexibility index (Phi) is 4.16. The molecule has 0 saturated carbocycles. The molecule has 5 nitrogen and oxygen atoms in total. The van der Waals surface area contributed by atoms with Crippen LogP contribution in [0.5, 0.6) is 11.5 Å². The van der Waals surface area contributed by atoms with Crippen LogP contribution in [0.2, 0.25) is 0 Å². The van der Waals surface area contributed by atoms with Crippen LogP contribution in [0.25, 0.3) is 9.65 Å². The summed E-state index contributed by atoms with van der Waals surface area (Å²) in [6, 6.07) is 5.02. The molecule has 2 aromatic rings. The van der Waals surface area contributed by atoms with E-state index in [0.29, 0.717) is 10.2 Å². The number of carboxylic acids is 1. The van der Waals surface area contributed by atoms with E-state index >= 15 is 0 Å². The van der Waals surface area contributed by atoms with Gasteiger partial charge in [0, 0.05) is 0 Å². The van der Waals surface area contributed by atoms with E-state index in [4.69, 9.17) is 9.84 Å². The molecule has 0 saturated heterocycles. The van der Waals surface area contributed by atoms with Crippen molar-refractivity contribution < 1.29 is 24.5 Å². The predicted molar refractivity (Wildman–Crippen MR) is 74.9 cm³/mol. The Bertz CT molecular complexity index is 673. The summed E-state index contributed by atoms with van der Waals surface area (Å²) in [7, 11) is 1.47. The van der Waals surface area contributed by atoms with E-state index < -0.39 is 11.9 Å². The van der Waals surface area contributed by atoms with Crippen molar-refractivity contribution in [3.63, 3.8) is 0 Å². The molecule has 1 heterocycles. The summed E-state index contributed by atoms with van der Waals surface area (Å²) in [5, 5.41) is 19.3. The third-order valence-corrected chi connectivity index (χ3v) is 5.40. The standard InChI is InChI=1S/C14H14O5Se/c1-7(14(17)18)3-10(16)13-5-8-4-9(15)11(19-2)6-12(8)20-13/h4-7,15H,3H2,1-2H3,(H,17,18). The maximum absolute atomic E-state index is 12.1. The van der Waals surface area contributed by atoms with Crippen LogP contribution < -0.4 is 4.74 Å². The van der Waals surface area contributed by atoms with Crippen molar-refractivity contribution in [1.82, 2.24) is 0 Å². The Morgan fingerprint density at radius 3 is 2.65 bits per heavy atom. The Morgan fingerprint density at radius 2 is 2.05 bits per heavy atom. The average molecular weight is 341 g/mol. The van der Waals surface area contributed by atoms with Crippen molar-refractivity contribution >= 4 is 35.9 Å². The SMILES string of the molecule is COc1cc2[se]c(C(=O)CC(C)C(=O)O)cc2cc1O. The van der Waals surface area contributed by atoms with Crippen molar-refractivity contribution in [1.29, 1.82) is 0 Å². The molecule has 6 heteroatoms. The van der Waals surface area contributed by atoms with Gasteiger partial charge in [-0.1, -0.05) is 0 Å². The molecule has 2 rings (SSSR count). The van der Waals surface area contributed by atoms with Crippen molar-refractivity contribution in [2.75, 3.05) is 7.11 Å². The molecule has 20 heavy (non-hydrogen) atoms. The molecule has 0 aliphatic rings. The molecule has 1 aromatic heterocycles. The molecule has 1 unspecified atom stereocenters. The summed E-state index contributed by atoms with van der Waals surface area (Å²) in [5.74, 6) is -1.39. The average Bonchev–Trinajstić information content (AvgIpc) is 2.80. The number of carbonyl (C=O) groups excluding carboxylic acids is 1. The number of methoxy groups -OCH3 is 1. The van der Waals surface area contributed by atoms with Gasteiger partial charge in [0.2, 0.25) is 0 Å². The fourth-order valence-corrected chi connectivity index (χ4v) is 3.97. The van der Waals surface area contributed by atoms with Gasteiger partial charge in [0.25, 0.3) is 0 Å². The quantitative estimate of drug-likeness (QED) is 0.641. The van der Waals surface area contributed by atoms with Crippen molar-refractivity contribution in [2.45, 2.75) is 13.3 Å². The summed E-state index contributed by atoms with van der Waals surface area (Å²) < 4.78 is 6.63. The second kappa shape index (κ2) is 5.69. The first-order chi connectivity index (χ1) is 9.42. The van der Waals surface area contributed by atoms with Gasteiger partial charge in [0.1, 0.15) is 0 Å². The van der Waals surface area contributed by atoms with Gasteiger partial charge in [-0.25, -0.2) is 0 Å². The molecule has 0 amide bonds. The number of carbonyl (C=O) groups is 2. The molecule has 0 bridgehead atoms. The van der Waals surface area contributed by atoms with Crippen LogP contribution in [0.15, 0.2) is 18.2 Å². The number of ketones is 1. The number of Topliss-reactive ketones (excluding diaryl/α,β-unsaturated/α-hetero) is 1. The van der Waals surface area contributed by atoms with E-state index in [1.54, 1.807) is 18.2 Å². The van der Waals surface area contributed by atoms with Gasteiger partial charge >= 0.3 is 121 Å². The first-order valence-corrected chi connectivity index (χ1v) is 7.70. The molecule has 2 N–H and O–H groups in total. The van der Waals surface area contributed by atoms with Crippen molar-refractivity contribution in [3.8, 4) is 11.5 Å². The maximum atomic E-state index is 12.1. The second-order valence-electron chi connectivity index (χ2n) is 4.54. The number of ether oxygens (including phenoxy) is 1. The van der Waals surface area contributed by atoms with Gasteiger partial charge in [-0.2, -0.15) is 0 Å². The first-order valence-electron chi connectivity index (χ1n) is 5.99. The zero-order chi connectivity index (χ0) is 14.9. The van der Waals surface area contributed by atoms with Crippen LogP contribution in [-0.4, -0.2) is 43.6 Å². The molecule has 0 aliphatic heterocycles. The van der Waals surface area contributed by atoms with Gasteiger partial charge in [-0.05, 0) is 0 Å². The molecule has 0 aliphatic carbocycles. The minimum absolute atomic E-state index is 0.0000221. The van der Waals surface area contributed by atoms with E-state index in [2.05, 4.69) is 0 Å². The fraction of sp³-hybridized carbons (Fsp3) is 0.286. The van der Waals surface area contributed by atoms with Gasteiger partial charge < -0.3 is 0 Å². The van der Waals surface area contributed by atoms with E-state index in [0.717, 1.165) is 9.65 Å². The van der Waals surface area contributed by atoms with E-state index in [9.17, 15) is 14.7 Å². The monoisotopic (exact) mass is 342 g/mol. The third kappa shape index (κ3) is 2.86. The van der Waals surface area contributed by atoms with Crippen LogP contribution in [0.1, 0.15) is 22.6 Å². The molecule has 1 atom stereocenters. The van der Waals surface area contributed by atoms with E-state index in [-0.39, 0.29) is 32.5 Å². The normalized spacial score (nSPS) is 12.3. The number of benzene rings is 1. The van der Waals surface area contributed by atoms with Gasteiger partial charge in [0.15, 0.2) is 0 Å². The first kappa shape index (κ1) is 14.6. The number of phenolic OH excluding ortho intramolecular Hbond substituents is 1. The van der Waals surface area contributed by atoms with Crippen LogP contribution in [0.3, 0.4) is 0 Å². The number of phenols is 1. The summed E-state index contributed by atoms with van der Waals surface area (Å²) >= 11 is -0.175. The van der Waals surface area contributed by atoms with Crippen LogP contribution in [-0.2, 0) is 4.79 Å². The molecule has 0 fully saturated rings. The Morgan fingerprint density at radius 1 is 1.35 bits per heavy atom. The van der Waals surface area contributed by atoms with Crippen LogP contribution in [0, 0.1) is 5.92 Å². The summed E-state index contributed by atoms with van der Waals surface area (Å²) in [6.45, 7) is 1.52.